The molecule has 78 valence electrons. The first-order valence-electron chi connectivity index (χ1n) is 3.80. The van der Waals surface area contributed by atoms with Gasteiger partial charge in [-0.15, -0.1) is 0 Å². The SMILES string of the molecule is COCCOCC[S@@+]([O-])CC(=O)O. The number of carboxylic acids is 1. The molecular formula is C7H14O5S. The van der Waals surface area contributed by atoms with E-state index in [2.05, 4.69) is 0 Å². The number of ether oxygens (including phenoxy) is 2. The van der Waals surface area contributed by atoms with Gasteiger partial charge in [-0.1, -0.05) is 0 Å². The van der Waals surface area contributed by atoms with E-state index in [0.29, 0.717) is 19.8 Å². The van der Waals surface area contributed by atoms with Gasteiger partial charge < -0.3 is 19.1 Å². The first-order valence-corrected chi connectivity index (χ1v) is 5.29. The molecule has 0 rings (SSSR count). The fraction of sp³-hybridized carbons (Fsp3) is 0.857. The van der Waals surface area contributed by atoms with Crippen LogP contribution >= 0.6 is 0 Å². The molecule has 13 heavy (non-hydrogen) atoms. The zero-order valence-electron chi connectivity index (χ0n) is 7.52. The number of carbonyl (C=O) groups is 1. The smallest absolute Gasteiger partial charge is 0.353 e. The summed E-state index contributed by atoms with van der Waals surface area (Å²) in [5.74, 6) is -1.10. The van der Waals surface area contributed by atoms with Crippen molar-refractivity contribution in [1.82, 2.24) is 0 Å². The lowest BCUT2D eigenvalue weighted by Crippen LogP contribution is -2.21. The lowest BCUT2D eigenvalue weighted by molar-refractivity contribution is -0.134. The highest BCUT2D eigenvalue weighted by atomic mass is 32.2. The summed E-state index contributed by atoms with van der Waals surface area (Å²) in [6, 6.07) is 0. The third-order valence-electron chi connectivity index (χ3n) is 1.17. The van der Waals surface area contributed by atoms with Crippen LogP contribution in [0.5, 0.6) is 0 Å². The van der Waals surface area contributed by atoms with Crippen LogP contribution < -0.4 is 0 Å². The molecule has 0 saturated carbocycles. The van der Waals surface area contributed by atoms with Crippen LogP contribution in [0.15, 0.2) is 0 Å². The zero-order valence-corrected chi connectivity index (χ0v) is 8.34. The Morgan fingerprint density at radius 3 is 2.69 bits per heavy atom. The third kappa shape index (κ3) is 9.62. The number of methoxy groups -OCH3 is 1. The minimum Gasteiger partial charge on any atom is -0.616 e. The summed E-state index contributed by atoms with van der Waals surface area (Å²) in [6.07, 6.45) is 0. The number of hydrogen-bond acceptors (Lipinski definition) is 4. The van der Waals surface area contributed by atoms with Crippen molar-refractivity contribution in [2.45, 2.75) is 0 Å². The Labute approximate surface area is 80.2 Å². The monoisotopic (exact) mass is 210 g/mol. The van der Waals surface area contributed by atoms with Crippen LogP contribution in [-0.4, -0.2) is 54.1 Å². The second-order valence-electron chi connectivity index (χ2n) is 2.29. The Morgan fingerprint density at radius 2 is 2.15 bits per heavy atom. The van der Waals surface area contributed by atoms with E-state index in [1.807, 2.05) is 0 Å². The molecule has 0 aromatic heterocycles. The van der Waals surface area contributed by atoms with E-state index >= 15 is 0 Å². The van der Waals surface area contributed by atoms with E-state index in [4.69, 9.17) is 14.6 Å². The Balaban J connectivity index is 3.17. The highest BCUT2D eigenvalue weighted by Crippen LogP contribution is 1.90. The third-order valence-corrected chi connectivity index (χ3v) is 2.36. The average molecular weight is 210 g/mol. The molecule has 0 aliphatic rings. The molecule has 1 atom stereocenters. The van der Waals surface area contributed by atoms with Gasteiger partial charge in [0.1, 0.15) is 5.75 Å². The largest absolute Gasteiger partial charge is 0.616 e. The van der Waals surface area contributed by atoms with Crippen LogP contribution in [0.4, 0.5) is 0 Å². The maximum Gasteiger partial charge on any atom is 0.353 e. The van der Waals surface area contributed by atoms with Crippen LogP contribution in [0.25, 0.3) is 0 Å². The van der Waals surface area contributed by atoms with Gasteiger partial charge in [-0.05, 0) is 11.2 Å². The summed E-state index contributed by atoms with van der Waals surface area (Å²) in [4.78, 5) is 10.1. The maximum atomic E-state index is 10.9. The van der Waals surface area contributed by atoms with Gasteiger partial charge in [0.2, 0.25) is 5.75 Å². The van der Waals surface area contributed by atoms with Gasteiger partial charge in [-0.25, -0.2) is 4.79 Å². The molecule has 0 aliphatic carbocycles. The first-order chi connectivity index (χ1) is 6.16. The summed E-state index contributed by atoms with van der Waals surface area (Å²) in [5, 5.41) is 8.27. The molecule has 0 amide bonds. The van der Waals surface area contributed by atoms with Crippen molar-refractivity contribution in [2.24, 2.45) is 0 Å². The predicted molar refractivity (Wildman–Crippen MR) is 48.2 cm³/mol. The standard InChI is InChI=1S/C7H14O5S/c1-11-2-3-12-4-5-13(10)6-7(8)9/h2-6H2,1H3,(H,8,9)/t13-/m1/s1. The van der Waals surface area contributed by atoms with Crippen LogP contribution in [-0.2, 0) is 25.4 Å². The predicted octanol–water partition coefficient (Wildman–Crippen LogP) is -0.517. The number of rotatable bonds is 8. The minimum atomic E-state index is -1.32. The van der Waals surface area contributed by atoms with Crippen LogP contribution in [0.2, 0.25) is 0 Å². The van der Waals surface area contributed by atoms with Crippen LogP contribution in [0.3, 0.4) is 0 Å². The molecule has 0 spiro atoms. The van der Waals surface area contributed by atoms with E-state index in [1.165, 1.54) is 0 Å². The fourth-order valence-corrected chi connectivity index (χ4v) is 1.33. The molecule has 6 heteroatoms. The maximum absolute atomic E-state index is 10.9. The topological polar surface area (TPSA) is 78.8 Å². The van der Waals surface area contributed by atoms with E-state index in [-0.39, 0.29) is 11.5 Å². The highest BCUT2D eigenvalue weighted by molar-refractivity contribution is 7.92. The molecule has 0 heterocycles. The van der Waals surface area contributed by atoms with Crippen LogP contribution in [0.1, 0.15) is 0 Å². The summed E-state index contributed by atoms with van der Waals surface area (Å²) in [5.41, 5.74) is 0. The molecular weight excluding hydrogens is 196 g/mol. The van der Waals surface area contributed by atoms with Gasteiger partial charge in [0.15, 0.2) is 0 Å². The van der Waals surface area contributed by atoms with E-state index < -0.39 is 17.1 Å². The lowest BCUT2D eigenvalue weighted by Gasteiger charge is -2.08. The molecule has 0 fully saturated rings. The van der Waals surface area contributed by atoms with Gasteiger partial charge >= 0.3 is 5.97 Å². The quantitative estimate of drug-likeness (QED) is 0.431. The Kier molecular flexibility index (Phi) is 8.11. The van der Waals surface area contributed by atoms with Gasteiger partial charge in [-0.2, -0.15) is 0 Å². The van der Waals surface area contributed by atoms with Crippen molar-refractivity contribution in [3.63, 3.8) is 0 Å². The second kappa shape index (κ2) is 8.31. The Hall–Kier alpha value is -0.300. The lowest BCUT2D eigenvalue weighted by atomic mass is 10.7. The molecule has 5 nitrogen and oxygen atoms in total. The number of aliphatic carboxylic acids is 1. The number of hydrogen-bond donors (Lipinski definition) is 1. The molecule has 0 bridgehead atoms. The normalized spacial score (nSPS) is 12.8. The van der Waals surface area contributed by atoms with Crippen molar-refractivity contribution in [2.75, 3.05) is 38.4 Å². The van der Waals surface area contributed by atoms with E-state index in [1.54, 1.807) is 7.11 Å². The van der Waals surface area contributed by atoms with Crippen molar-refractivity contribution < 1.29 is 23.9 Å². The average Bonchev–Trinajstić information content (AvgIpc) is 2.02. The van der Waals surface area contributed by atoms with Gasteiger partial charge in [0.25, 0.3) is 0 Å². The van der Waals surface area contributed by atoms with Crippen molar-refractivity contribution >= 4 is 17.1 Å². The molecule has 0 aromatic rings. The molecule has 0 saturated heterocycles. The molecule has 0 aromatic carbocycles. The van der Waals surface area contributed by atoms with Gasteiger partial charge in [0, 0.05) is 7.11 Å². The highest BCUT2D eigenvalue weighted by Gasteiger charge is 2.10. The van der Waals surface area contributed by atoms with Crippen molar-refractivity contribution in [3.05, 3.63) is 0 Å². The van der Waals surface area contributed by atoms with Gasteiger partial charge in [-0.3, -0.25) is 0 Å². The van der Waals surface area contributed by atoms with E-state index in [9.17, 15) is 9.35 Å². The summed E-state index contributed by atoms with van der Waals surface area (Å²) < 4.78 is 20.6. The van der Waals surface area contributed by atoms with Gasteiger partial charge in [0.05, 0.1) is 19.8 Å². The summed E-state index contributed by atoms with van der Waals surface area (Å²) in [6.45, 7) is 1.25. The van der Waals surface area contributed by atoms with E-state index in [0.717, 1.165) is 0 Å². The van der Waals surface area contributed by atoms with Crippen molar-refractivity contribution in [1.29, 1.82) is 0 Å². The Morgan fingerprint density at radius 1 is 1.46 bits per heavy atom. The second-order valence-corrected chi connectivity index (χ2v) is 3.86. The first kappa shape index (κ1) is 12.7. The minimum absolute atomic E-state index is 0.260. The van der Waals surface area contributed by atoms with Crippen molar-refractivity contribution in [3.8, 4) is 0 Å². The fourth-order valence-electron chi connectivity index (χ4n) is 0.606. The number of carboxylic acid groups (broad SMARTS) is 1. The zero-order chi connectivity index (χ0) is 10.1. The molecule has 1 N–H and O–H groups in total. The molecule has 0 unspecified atom stereocenters. The summed E-state index contributed by atoms with van der Waals surface area (Å²) >= 11 is -1.32. The van der Waals surface area contributed by atoms with Crippen LogP contribution in [0, 0.1) is 0 Å². The summed E-state index contributed by atoms with van der Waals surface area (Å²) in [7, 11) is 1.56. The molecule has 0 radical (unpaired) electrons. The Bertz CT molecular complexity index is 141. The molecule has 0 aliphatic heterocycles.